The molecule has 0 unspecified atom stereocenters. The molecule has 2 aromatic carbocycles. The minimum atomic E-state index is 0.0296. The Kier molecular flexibility index (Phi) is 6.02. The van der Waals surface area contributed by atoms with E-state index in [4.69, 9.17) is 0 Å². The Morgan fingerprint density at radius 2 is 1.67 bits per heavy atom. The summed E-state index contributed by atoms with van der Waals surface area (Å²) in [6, 6.07) is 20.9. The highest BCUT2D eigenvalue weighted by atomic mass is 16.2. The van der Waals surface area contributed by atoms with Crippen LogP contribution in [0.25, 0.3) is 0 Å². The molecule has 0 bridgehead atoms. The van der Waals surface area contributed by atoms with E-state index in [1.54, 1.807) is 0 Å². The van der Waals surface area contributed by atoms with Crippen molar-refractivity contribution in [2.75, 3.05) is 13.1 Å². The standard InChI is InChI=1S/C21H26N2O/c24-21(22-15-7-13-18-9-3-1-4-10-18)20-14-8-16-23(20)17-19-11-5-2-6-12-19/h1-6,9-12,20H,7-8,13-17H2,(H,22,24)/t20-/m0/s1. The van der Waals surface area contributed by atoms with Crippen LogP contribution in [0, 0.1) is 0 Å². The maximum atomic E-state index is 12.5. The Bertz CT molecular complexity index is 627. The van der Waals surface area contributed by atoms with Gasteiger partial charge in [0.05, 0.1) is 6.04 Å². The summed E-state index contributed by atoms with van der Waals surface area (Å²) in [5, 5.41) is 3.13. The fraction of sp³-hybridized carbons (Fsp3) is 0.381. The molecule has 2 aromatic rings. The molecule has 1 aliphatic rings. The molecule has 3 heteroatoms. The van der Waals surface area contributed by atoms with Gasteiger partial charge in [-0.1, -0.05) is 60.7 Å². The fourth-order valence-electron chi connectivity index (χ4n) is 3.40. The first kappa shape index (κ1) is 16.7. The van der Waals surface area contributed by atoms with E-state index in [0.717, 1.165) is 45.3 Å². The van der Waals surface area contributed by atoms with Crippen molar-refractivity contribution in [2.24, 2.45) is 0 Å². The van der Waals surface area contributed by atoms with E-state index in [1.807, 2.05) is 12.1 Å². The smallest absolute Gasteiger partial charge is 0.237 e. The summed E-state index contributed by atoms with van der Waals surface area (Å²) in [5.41, 5.74) is 2.61. The largest absolute Gasteiger partial charge is 0.355 e. The van der Waals surface area contributed by atoms with Crippen LogP contribution in [0.4, 0.5) is 0 Å². The predicted molar refractivity (Wildman–Crippen MR) is 97.6 cm³/mol. The lowest BCUT2D eigenvalue weighted by Gasteiger charge is -2.23. The molecule has 1 N–H and O–H groups in total. The second kappa shape index (κ2) is 8.65. The highest BCUT2D eigenvalue weighted by Gasteiger charge is 2.30. The monoisotopic (exact) mass is 322 g/mol. The van der Waals surface area contributed by atoms with Crippen molar-refractivity contribution in [3.8, 4) is 0 Å². The van der Waals surface area contributed by atoms with Crippen molar-refractivity contribution in [2.45, 2.75) is 38.3 Å². The van der Waals surface area contributed by atoms with Gasteiger partial charge in [-0.3, -0.25) is 9.69 Å². The third kappa shape index (κ3) is 4.68. The minimum Gasteiger partial charge on any atom is -0.355 e. The lowest BCUT2D eigenvalue weighted by atomic mass is 10.1. The Labute approximate surface area is 144 Å². The maximum Gasteiger partial charge on any atom is 0.237 e. The van der Waals surface area contributed by atoms with Gasteiger partial charge in [-0.05, 0) is 43.4 Å². The SMILES string of the molecule is O=C(NCCCc1ccccc1)[C@@H]1CCCN1Cc1ccccc1. The van der Waals surface area contributed by atoms with Crippen LogP contribution in [0.1, 0.15) is 30.4 Å². The number of aryl methyl sites for hydroxylation is 1. The fourth-order valence-corrected chi connectivity index (χ4v) is 3.40. The van der Waals surface area contributed by atoms with Gasteiger partial charge in [0.1, 0.15) is 0 Å². The summed E-state index contributed by atoms with van der Waals surface area (Å²) >= 11 is 0. The molecule has 0 radical (unpaired) electrons. The van der Waals surface area contributed by atoms with Crippen LogP contribution in [0.3, 0.4) is 0 Å². The van der Waals surface area contributed by atoms with E-state index in [-0.39, 0.29) is 11.9 Å². The van der Waals surface area contributed by atoms with E-state index < -0.39 is 0 Å². The molecule has 1 saturated heterocycles. The highest BCUT2D eigenvalue weighted by molar-refractivity contribution is 5.82. The minimum absolute atomic E-state index is 0.0296. The second-order valence-electron chi connectivity index (χ2n) is 6.49. The number of hydrogen-bond donors (Lipinski definition) is 1. The lowest BCUT2D eigenvalue weighted by Crippen LogP contribution is -2.43. The first-order valence-corrected chi connectivity index (χ1v) is 8.92. The van der Waals surface area contributed by atoms with Gasteiger partial charge >= 0.3 is 0 Å². The lowest BCUT2D eigenvalue weighted by molar-refractivity contribution is -0.125. The molecule has 24 heavy (non-hydrogen) atoms. The number of nitrogens with zero attached hydrogens (tertiary/aromatic N) is 1. The first-order chi connectivity index (χ1) is 11.8. The summed E-state index contributed by atoms with van der Waals surface area (Å²) in [7, 11) is 0. The van der Waals surface area contributed by atoms with E-state index in [9.17, 15) is 4.79 Å². The van der Waals surface area contributed by atoms with Crippen LogP contribution in [0.2, 0.25) is 0 Å². The van der Waals surface area contributed by atoms with Gasteiger partial charge in [0.25, 0.3) is 0 Å². The van der Waals surface area contributed by atoms with Gasteiger partial charge in [-0.15, -0.1) is 0 Å². The molecule has 3 rings (SSSR count). The van der Waals surface area contributed by atoms with Crippen LogP contribution in [0.15, 0.2) is 60.7 Å². The number of hydrogen-bond acceptors (Lipinski definition) is 2. The summed E-state index contributed by atoms with van der Waals surface area (Å²) in [5.74, 6) is 0.191. The number of benzene rings is 2. The molecule has 1 heterocycles. The highest BCUT2D eigenvalue weighted by Crippen LogP contribution is 2.20. The number of amides is 1. The summed E-state index contributed by atoms with van der Waals surface area (Å²) < 4.78 is 0. The molecule has 0 aromatic heterocycles. The zero-order valence-electron chi connectivity index (χ0n) is 14.2. The number of carbonyl (C=O) groups is 1. The van der Waals surface area contributed by atoms with Crippen molar-refractivity contribution < 1.29 is 4.79 Å². The van der Waals surface area contributed by atoms with Gasteiger partial charge in [0.2, 0.25) is 5.91 Å². The van der Waals surface area contributed by atoms with Crippen molar-refractivity contribution in [1.82, 2.24) is 10.2 Å². The molecule has 126 valence electrons. The number of carbonyl (C=O) groups excluding carboxylic acids is 1. The van der Waals surface area contributed by atoms with E-state index in [1.165, 1.54) is 11.1 Å². The number of rotatable bonds is 7. The van der Waals surface area contributed by atoms with Crippen molar-refractivity contribution in [1.29, 1.82) is 0 Å². The third-order valence-corrected chi connectivity index (χ3v) is 4.68. The van der Waals surface area contributed by atoms with Crippen molar-refractivity contribution in [3.63, 3.8) is 0 Å². The quantitative estimate of drug-likeness (QED) is 0.793. The molecule has 0 aliphatic carbocycles. The van der Waals surface area contributed by atoms with Gasteiger partial charge in [-0.2, -0.15) is 0 Å². The Hall–Kier alpha value is -2.13. The molecular formula is C21H26N2O. The number of likely N-dealkylation sites (tertiary alicyclic amines) is 1. The van der Waals surface area contributed by atoms with Crippen LogP contribution < -0.4 is 5.32 Å². The topological polar surface area (TPSA) is 32.3 Å². The first-order valence-electron chi connectivity index (χ1n) is 8.92. The van der Waals surface area contributed by atoms with Gasteiger partial charge < -0.3 is 5.32 Å². The zero-order chi connectivity index (χ0) is 16.6. The molecule has 1 fully saturated rings. The number of nitrogens with one attached hydrogen (secondary N) is 1. The maximum absolute atomic E-state index is 12.5. The van der Waals surface area contributed by atoms with Crippen LogP contribution in [0.5, 0.6) is 0 Å². The summed E-state index contributed by atoms with van der Waals surface area (Å²) in [4.78, 5) is 14.8. The summed E-state index contributed by atoms with van der Waals surface area (Å²) in [6.07, 6.45) is 4.08. The Morgan fingerprint density at radius 1 is 1.00 bits per heavy atom. The Morgan fingerprint density at radius 3 is 2.38 bits per heavy atom. The predicted octanol–water partition coefficient (Wildman–Crippen LogP) is 3.40. The third-order valence-electron chi connectivity index (χ3n) is 4.68. The van der Waals surface area contributed by atoms with E-state index >= 15 is 0 Å². The molecular weight excluding hydrogens is 296 g/mol. The molecule has 1 amide bonds. The van der Waals surface area contributed by atoms with Gasteiger partial charge in [-0.25, -0.2) is 0 Å². The summed E-state index contributed by atoms with van der Waals surface area (Å²) in [6.45, 7) is 2.63. The van der Waals surface area contributed by atoms with Crippen LogP contribution in [-0.2, 0) is 17.8 Å². The molecule has 1 atom stereocenters. The van der Waals surface area contributed by atoms with Crippen LogP contribution in [-0.4, -0.2) is 29.9 Å². The van der Waals surface area contributed by atoms with Gasteiger partial charge in [0.15, 0.2) is 0 Å². The normalized spacial score (nSPS) is 17.8. The second-order valence-corrected chi connectivity index (χ2v) is 6.49. The van der Waals surface area contributed by atoms with Gasteiger partial charge in [0, 0.05) is 13.1 Å². The average Bonchev–Trinajstić information content (AvgIpc) is 3.08. The average molecular weight is 322 g/mol. The molecule has 0 spiro atoms. The van der Waals surface area contributed by atoms with Crippen molar-refractivity contribution in [3.05, 3.63) is 71.8 Å². The van der Waals surface area contributed by atoms with Crippen molar-refractivity contribution >= 4 is 5.91 Å². The van der Waals surface area contributed by atoms with E-state index in [2.05, 4.69) is 58.7 Å². The van der Waals surface area contributed by atoms with E-state index in [0.29, 0.717) is 0 Å². The molecule has 3 nitrogen and oxygen atoms in total. The van der Waals surface area contributed by atoms with Crippen LogP contribution >= 0.6 is 0 Å². The Balaban J connectivity index is 1.43. The molecule has 1 aliphatic heterocycles. The zero-order valence-corrected chi connectivity index (χ0v) is 14.2. The molecule has 0 saturated carbocycles.